The summed E-state index contributed by atoms with van der Waals surface area (Å²) in [6, 6.07) is 3.42. The van der Waals surface area contributed by atoms with E-state index in [1.54, 1.807) is 29.7 Å². The molecular formula is C10H9ClN2O2. The van der Waals surface area contributed by atoms with Crippen molar-refractivity contribution in [3.8, 4) is 0 Å². The van der Waals surface area contributed by atoms with Crippen LogP contribution in [0.25, 0.3) is 5.65 Å². The van der Waals surface area contributed by atoms with Crippen LogP contribution in [-0.4, -0.2) is 20.5 Å². The monoisotopic (exact) mass is 224 g/mol. The number of fused-ring (bicyclic) bond motifs is 1. The number of pyridine rings is 1. The fourth-order valence-corrected chi connectivity index (χ4v) is 1.70. The van der Waals surface area contributed by atoms with E-state index >= 15 is 0 Å². The number of aryl methyl sites for hydroxylation is 1. The van der Waals surface area contributed by atoms with Crippen molar-refractivity contribution in [2.24, 2.45) is 0 Å². The number of imidazole rings is 1. The van der Waals surface area contributed by atoms with Gasteiger partial charge in [0.2, 0.25) is 0 Å². The third kappa shape index (κ3) is 1.80. The van der Waals surface area contributed by atoms with E-state index in [0.29, 0.717) is 16.4 Å². The molecule has 0 amide bonds. The molecule has 78 valence electrons. The van der Waals surface area contributed by atoms with Crippen molar-refractivity contribution in [2.75, 3.05) is 0 Å². The summed E-state index contributed by atoms with van der Waals surface area (Å²) >= 11 is 5.82. The zero-order chi connectivity index (χ0) is 11.0. The van der Waals surface area contributed by atoms with Crippen molar-refractivity contribution in [3.63, 3.8) is 0 Å². The molecule has 0 aliphatic carbocycles. The van der Waals surface area contributed by atoms with Crippen LogP contribution < -0.4 is 0 Å². The van der Waals surface area contributed by atoms with Gasteiger partial charge in [0.15, 0.2) is 0 Å². The predicted molar refractivity (Wildman–Crippen MR) is 56.3 cm³/mol. The highest BCUT2D eigenvalue weighted by Crippen LogP contribution is 2.16. The molecule has 2 aromatic rings. The summed E-state index contributed by atoms with van der Waals surface area (Å²) in [5.74, 6) is -0.866. The number of carboxylic acids is 1. The van der Waals surface area contributed by atoms with Crippen molar-refractivity contribution in [3.05, 3.63) is 34.7 Å². The van der Waals surface area contributed by atoms with Crippen LogP contribution in [0, 0.1) is 6.92 Å². The first kappa shape index (κ1) is 9.98. The molecule has 0 radical (unpaired) electrons. The summed E-state index contributed by atoms with van der Waals surface area (Å²) < 4.78 is 1.75. The van der Waals surface area contributed by atoms with Gasteiger partial charge in [-0.05, 0) is 13.0 Å². The zero-order valence-corrected chi connectivity index (χ0v) is 8.82. The van der Waals surface area contributed by atoms with Crippen LogP contribution >= 0.6 is 11.6 Å². The molecule has 0 saturated heterocycles. The first-order valence-electron chi connectivity index (χ1n) is 4.43. The van der Waals surface area contributed by atoms with Gasteiger partial charge in [-0.15, -0.1) is 0 Å². The maximum absolute atomic E-state index is 10.7. The average molecular weight is 225 g/mol. The van der Waals surface area contributed by atoms with Crippen LogP contribution in [0.3, 0.4) is 0 Å². The number of nitrogens with zero attached hydrogens (tertiary/aromatic N) is 2. The number of carbonyl (C=O) groups is 1. The van der Waals surface area contributed by atoms with Crippen molar-refractivity contribution in [1.82, 2.24) is 9.38 Å². The van der Waals surface area contributed by atoms with Gasteiger partial charge < -0.3 is 9.51 Å². The summed E-state index contributed by atoms with van der Waals surface area (Å²) in [5, 5.41) is 9.35. The largest absolute Gasteiger partial charge is 0.481 e. The Morgan fingerprint density at radius 1 is 1.67 bits per heavy atom. The van der Waals surface area contributed by atoms with Crippen molar-refractivity contribution in [1.29, 1.82) is 0 Å². The van der Waals surface area contributed by atoms with E-state index in [1.807, 2.05) is 0 Å². The third-order valence-corrected chi connectivity index (χ3v) is 2.44. The van der Waals surface area contributed by atoms with Gasteiger partial charge >= 0.3 is 5.97 Å². The first-order chi connectivity index (χ1) is 7.08. The van der Waals surface area contributed by atoms with Crippen molar-refractivity contribution >= 4 is 23.2 Å². The molecule has 15 heavy (non-hydrogen) atoms. The minimum atomic E-state index is -0.866. The Hall–Kier alpha value is -1.55. The van der Waals surface area contributed by atoms with Crippen LogP contribution in [0.1, 0.15) is 11.4 Å². The molecule has 0 atom stereocenters. The van der Waals surface area contributed by atoms with E-state index in [0.717, 1.165) is 5.69 Å². The van der Waals surface area contributed by atoms with E-state index in [1.165, 1.54) is 0 Å². The maximum Gasteiger partial charge on any atom is 0.309 e. The smallest absolute Gasteiger partial charge is 0.309 e. The zero-order valence-electron chi connectivity index (χ0n) is 8.07. The Kier molecular flexibility index (Phi) is 2.36. The lowest BCUT2D eigenvalue weighted by molar-refractivity contribution is -0.136. The topological polar surface area (TPSA) is 54.6 Å². The quantitative estimate of drug-likeness (QED) is 0.848. The second-order valence-electron chi connectivity index (χ2n) is 3.29. The molecule has 0 unspecified atom stereocenters. The standard InChI is InChI=1S/C10H9ClN2O2/c1-6-8(5-10(14)15)13-3-2-7(11)4-9(13)12-6/h2-4H,5H2,1H3,(H,14,15). The Labute approximate surface area is 91.1 Å². The molecule has 1 N–H and O–H groups in total. The van der Waals surface area contributed by atoms with Gasteiger partial charge in [0.05, 0.1) is 17.8 Å². The SMILES string of the molecule is Cc1nc2cc(Cl)ccn2c1CC(=O)O. The predicted octanol–water partition coefficient (Wildman–Crippen LogP) is 1.92. The minimum absolute atomic E-state index is 0.0331. The van der Waals surface area contributed by atoms with Crippen molar-refractivity contribution in [2.45, 2.75) is 13.3 Å². The lowest BCUT2D eigenvalue weighted by atomic mass is 10.2. The lowest BCUT2D eigenvalue weighted by Gasteiger charge is -1.99. The third-order valence-electron chi connectivity index (χ3n) is 2.21. The van der Waals surface area contributed by atoms with Gasteiger partial charge in [0.25, 0.3) is 0 Å². The molecule has 0 saturated carbocycles. The molecule has 0 aliphatic heterocycles. The summed E-state index contributed by atoms with van der Waals surface area (Å²) in [7, 11) is 0. The number of rotatable bonds is 2. The summed E-state index contributed by atoms with van der Waals surface area (Å²) in [5.41, 5.74) is 2.09. The molecule has 0 aromatic carbocycles. The Bertz CT molecular complexity index is 533. The summed E-state index contributed by atoms with van der Waals surface area (Å²) in [4.78, 5) is 14.9. The molecule has 0 bridgehead atoms. The fraction of sp³-hybridized carbons (Fsp3) is 0.200. The molecule has 2 rings (SSSR count). The number of halogens is 1. The molecule has 0 spiro atoms. The Morgan fingerprint density at radius 2 is 2.40 bits per heavy atom. The normalized spacial score (nSPS) is 10.8. The maximum atomic E-state index is 10.7. The highest BCUT2D eigenvalue weighted by atomic mass is 35.5. The first-order valence-corrected chi connectivity index (χ1v) is 4.80. The van der Waals surface area contributed by atoms with Crippen LogP contribution in [0.2, 0.25) is 5.02 Å². The summed E-state index contributed by atoms with van der Waals surface area (Å²) in [6.45, 7) is 1.79. The molecule has 0 aliphatic rings. The van der Waals surface area contributed by atoms with E-state index in [9.17, 15) is 4.79 Å². The molecule has 2 aromatic heterocycles. The van der Waals surface area contributed by atoms with Crippen LogP contribution in [-0.2, 0) is 11.2 Å². The number of hydrogen-bond donors (Lipinski definition) is 1. The van der Waals surface area contributed by atoms with Crippen LogP contribution in [0.4, 0.5) is 0 Å². The number of carboxylic acid groups (broad SMARTS) is 1. The van der Waals surface area contributed by atoms with Crippen LogP contribution in [0.15, 0.2) is 18.3 Å². The molecule has 4 nitrogen and oxygen atoms in total. The number of hydrogen-bond acceptors (Lipinski definition) is 2. The van der Waals surface area contributed by atoms with Gasteiger partial charge in [0.1, 0.15) is 5.65 Å². The second kappa shape index (κ2) is 3.55. The van der Waals surface area contributed by atoms with Crippen molar-refractivity contribution < 1.29 is 9.90 Å². The van der Waals surface area contributed by atoms with Gasteiger partial charge in [-0.3, -0.25) is 4.79 Å². The van der Waals surface area contributed by atoms with E-state index in [-0.39, 0.29) is 6.42 Å². The number of aliphatic carboxylic acids is 1. The number of aromatic nitrogens is 2. The molecule has 0 fully saturated rings. The lowest BCUT2D eigenvalue weighted by Crippen LogP contribution is -2.04. The molecule has 2 heterocycles. The van der Waals surface area contributed by atoms with Crippen LogP contribution in [0.5, 0.6) is 0 Å². The highest BCUT2D eigenvalue weighted by Gasteiger charge is 2.11. The Balaban J connectivity index is 2.63. The highest BCUT2D eigenvalue weighted by molar-refractivity contribution is 6.30. The minimum Gasteiger partial charge on any atom is -0.481 e. The van der Waals surface area contributed by atoms with Gasteiger partial charge in [-0.25, -0.2) is 4.98 Å². The molecule has 5 heteroatoms. The van der Waals surface area contributed by atoms with Gasteiger partial charge in [-0.2, -0.15) is 0 Å². The second-order valence-corrected chi connectivity index (χ2v) is 3.72. The molecular weight excluding hydrogens is 216 g/mol. The average Bonchev–Trinajstić information content (AvgIpc) is 2.41. The van der Waals surface area contributed by atoms with E-state index in [2.05, 4.69) is 4.98 Å². The van der Waals surface area contributed by atoms with E-state index in [4.69, 9.17) is 16.7 Å². The fourth-order valence-electron chi connectivity index (χ4n) is 1.54. The van der Waals surface area contributed by atoms with Gasteiger partial charge in [-0.1, -0.05) is 11.6 Å². The van der Waals surface area contributed by atoms with Gasteiger partial charge in [0, 0.05) is 17.3 Å². The van der Waals surface area contributed by atoms with E-state index < -0.39 is 5.97 Å². The Morgan fingerprint density at radius 3 is 3.07 bits per heavy atom. The summed E-state index contributed by atoms with van der Waals surface area (Å²) in [6.07, 6.45) is 1.70.